The molecule has 0 amide bonds. The first-order chi connectivity index (χ1) is 14.7. The number of aliphatic carboxylic acids is 1. The fourth-order valence-corrected chi connectivity index (χ4v) is 16.2. The van der Waals surface area contributed by atoms with Gasteiger partial charge in [-0.2, -0.15) is 0 Å². The Morgan fingerprint density at radius 2 is 0.933 bits per heavy atom. The summed E-state index contributed by atoms with van der Waals surface area (Å²) >= 11 is -3.47. The van der Waals surface area contributed by atoms with E-state index >= 15 is 0 Å². The van der Waals surface area contributed by atoms with Crippen LogP contribution in [0.1, 0.15) is 16.7 Å². The molecule has 4 rings (SSSR count). The van der Waals surface area contributed by atoms with Crippen molar-refractivity contribution in [3.63, 3.8) is 0 Å². The van der Waals surface area contributed by atoms with Crippen LogP contribution in [0.2, 0.25) is 0 Å². The van der Waals surface area contributed by atoms with Crippen molar-refractivity contribution >= 4 is 32.4 Å². The standard InChI is InChI=1S/C27H24GeO2/c29-27(30)21-26(22-13-5-1-6-14-22)28(23-15-7-2-8-16-23,24-17-9-3-10-18-24)25-19-11-4-12-20-25/h1-20,26H,21H2,(H,29,30). The van der Waals surface area contributed by atoms with E-state index in [4.69, 9.17) is 0 Å². The molecule has 0 aromatic heterocycles. The fraction of sp³-hybridized carbons (Fsp3) is 0.0741. The van der Waals surface area contributed by atoms with Gasteiger partial charge in [0.1, 0.15) is 0 Å². The molecule has 1 N–H and O–H groups in total. The summed E-state index contributed by atoms with van der Waals surface area (Å²) in [6.07, 6.45) is 0.0999. The van der Waals surface area contributed by atoms with Gasteiger partial charge in [-0.15, -0.1) is 0 Å². The molecule has 0 aliphatic carbocycles. The molecule has 30 heavy (non-hydrogen) atoms. The van der Waals surface area contributed by atoms with E-state index in [1.54, 1.807) is 0 Å². The van der Waals surface area contributed by atoms with E-state index in [0.29, 0.717) is 0 Å². The summed E-state index contributed by atoms with van der Waals surface area (Å²) < 4.78 is 3.70. The van der Waals surface area contributed by atoms with Crippen LogP contribution in [-0.4, -0.2) is 24.3 Å². The van der Waals surface area contributed by atoms with Crippen LogP contribution in [-0.2, 0) is 4.79 Å². The number of rotatable bonds is 7. The molecule has 0 spiro atoms. The van der Waals surface area contributed by atoms with Crippen molar-refractivity contribution in [1.29, 1.82) is 0 Å². The Kier molecular flexibility index (Phi) is 6.15. The molecule has 0 aliphatic heterocycles. The first kappa shape index (κ1) is 20.2. The number of hydrogen-bond donors (Lipinski definition) is 1. The van der Waals surface area contributed by atoms with Crippen LogP contribution in [0, 0.1) is 0 Å². The first-order valence-corrected chi connectivity index (χ1v) is 14.5. The molecule has 0 aliphatic rings. The van der Waals surface area contributed by atoms with Gasteiger partial charge in [-0.05, 0) is 0 Å². The predicted molar refractivity (Wildman–Crippen MR) is 125 cm³/mol. The monoisotopic (exact) mass is 454 g/mol. The first-order valence-electron chi connectivity index (χ1n) is 10.2. The molecular weight excluding hydrogens is 429 g/mol. The van der Waals surface area contributed by atoms with Gasteiger partial charge in [0.15, 0.2) is 0 Å². The van der Waals surface area contributed by atoms with E-state index in [0.717, 1.165) is 5.56 Å². The van der Waals surface area contributed by atoms with Crippen molar-refractivity contribution in [2.75, 3.05) is 0 Å². The van der Waals surface area contributed by atoms with Gasteiger partial charge in [0.2, 0.25) is 0 Å². The summed E-state index contributed by atoms with van der Waals surface area (Å²) in [5.41, 5.74) is 1.09. The molecule has 0 heterocycles. The Morgan fingerprint density at radius 3 is 1.27 bits per heavy atom. The Morgan fingerprint density at radius 1 is 0.600 bits per heavy atom. The molecule has 0 bridgehead atoms. The van der Waals surface area contributed by atoms with Crippen molar-refractivity contribution in [2.24, 2.45) is 0 Å². The van der Waals surface area contributed by atoms with Gasteiger partial charge in [0.25, 0.3) is 0 Å². The molecule has 4 aromatic rings. The van der Waals surface area contributed by atoms with Crippen LogP contribution in [0.3, 0.4) is 0 Å². The van der Waals surface area contributed by atoms with Crippen LogP contribution < -0.4 is 13.2 Å². The molecule has 2 nitrogen and oxygen atoms in total. The van der Waals surface area contributed by atoms with Crippen molar-refractivity contribution in [3.05, 3.63) is 127 Å². The van der Waals surface area contributed by atoms with E-state index in [2.05, 4.69) is 84.9 Å². The topological polar surface area (TPSA) is 37.3 Å². The molecule has 0 saturated carbocycles. The third-order valence-corrected chi connectivity index (χ3v) is 16.9. The zero-order chi connectivity index (χ0) is 20.8. The molecular formula is C27H24GeO2. The minimum atomic E-state index is -3.47. The van der Waals surface area contributed by atoms with Crippen LogP contribution in [0.25, 0.3) is 0 Å². The Bertz CT molecular complexity index is 984. The maximum atomic E-state index is 12.2. The van der Waals surface area contributed by atoms with Crippen LogP contribution >= 0.6 is 0 Å². The molecule has 0 saturated heterocycles. The number of hydrogen-bond acceptors (Lipinski definition) is 1. The zero-order valence-corrected chi connectivity index (χ0v) is 18.8. The van der Waals surface area contributed by atoms with Crippen LogP contribution in [0.4, 0.5) is 0 Å². The van der Waals surface area contributed by atoms with Crippen molar-refractivity contribution in [1.82, 2.24) is 0 Å². The Balaban J connectivity index is 2.12. The third kappa shape index (κ3) is 3.83. The molecule has 4 aromatic carbocycles. The second kappa shape index (κ2) is 9.14. The number of benzene rings is 4. The van der Waals surface area contributed by atoms with Crippen LogP contribution in [0.15, 0.2) is 121 Å². The van der Waals surface area contributed by atoms with Gasteiger partial charge in [-0.3, -0.25) is 0 Å². The molecule has 3 heteroatoms. The van der Waals surface area contributed by atoms with Gasteiger partial charge < -0.3 is 0 Å². The molecule has 1 unspecified atom stereocenters. The summed E-state index contributed by atoms with van der Waals surface area (Å²) in [6.45, 7) is 0. The van der Waals surface area contributed by atoms with Gasteiger partial charge in [-0.1, -0.05) is 0 Å². The van der Waals surface area contributed by atoms with Gasteiger partial charge in [-0.25, -0.2) is 0 Å². The van der Waals surface area contributed by atoms with Gasteiger partial charge in [0.05, 0.1) is 0 Å². The normalized spacial score (nSPS) is 12.3. The summed E-state index contributed by atoms with van der Waals surface area (Å²) in [5.74, 6) is -0.762. The SMILES string of the molecule is O=C(O)C[CH](c1ccccc1)[Ge]([c]1ccccc1)([c]1ccccc1)[c]1ccccc1. The molecule has 148 valence electrons. The van der Waals surface area contributed by atoms with Crippen molar-refractivity contribution in [3.8, 4) is 0 Å². The van der Waals surface area contributed by atoms with E-state index in [1.807, 2.05) is 36.4 Å². The van der Waals surface area contributed by atoms with E-state index < -0.39 is 19.2 Å². The third-order valence-electron chi connectivity index (χ3n) is 5.79. The summed E-state index contributed by atoms with van der Waals surface area (Å²) in [6, 6.07) is 41.9. The number of carboxylic acids is 1. The summed E-state index contributed by atoms with van der Waals surface area (Å²) in [4.78, 5) is 12.2. The summed E-state index contributed by atoms with van der Waals surface area (Å²) in [7, 11) is 0. The second-order valence-electron chi connectivity index (χ2n) is 7.47. The number of carbonyl (C=O) groups is 1. The molecule has 0 radical (unpaired) electrons. The quantitative estimate of drug-likeness (QED) is 0.431. The van der Waals surface area contributed by atoms with Crippen LogP contribution in [0.5, 0.6) is 0 Å². The van der Waals surface area contributed by atoms with Gasteiger partial charge >= 0.3 is 180 Å². The summed E-state index contributed by atoms with van der Waals surface area (Å²) in [5, 5.41) is 9.98. The van der Waals surface area contributed by atoms with E-state index in [-0.39, 0.29) is 11.2 Å². The van der Waals surface area contributed by atoms with Crippen molar-refractivity contribution in [2.45, 2.75) is 11.2 Å². The molecule has 0 fully saturated rings. The number of carboxylic acid groups (broad SMARTS) is 1. The van der Waals surface area contributed by atoms with Gasteiger partial charge in [0, 0.05) is 0 Å². The zero-order valence-electron chi connectivity index (χ0n) is 16.7. The Hall–Kier alpha value is -3.11. The van der Waals surface area contributed by atoms with Crippen molar-refractivity contribution < 1.29 is 9.90 Å². The molecule has 1 atom stereocenters. The second-order valence-corrected chi connectivity index (χ2v) is 16.0. The maximum absolute atomic E-state index is 12.2. The predicted octanol–water partition coefficient (Wildman–Crippen LogP) is 3.95. The Labute approximate surface area is 180 Å². The van der Waals surface area contributed by atoms with E-state index in [1.165, 1.54) is 13.2 Å². The average Bonchev–Trinajstić information content (AvgIpc) is 2.81. The minimum absolute atomic E-state index is 0.0999. The van der Waals surface area contributed by atoms with E-state index in [9.17, 15) is 9.90 Å². The fourth-order valence-electron chi connectivity index (χ4n) is 4.59. The average molecular weight is 453 g/mol.